The molecule has 0 aliphatic carbocycles. The fraction of sp³-hybridized carbons (Fsp3) is 0.200. The van der Waals surface area contributed by atoms with E-state index in [2.05, 4.69) is 10.6 Å². The summed E-state index contributed by atoms with van der Waals surface area (Å²) in [5.74, 6) is -1.75. The number of hydrazine groups is 1. The molecule has 11 nitrogen and oxygen atoms in total. The van der Waals surface area contributed by atoms with Gasteiger partial charge in [-0.3, -0.25) is 15.0 Å². The van der Waals surface area contributed by atoms with Gasteiger partial charge in [-0.25, -0.2) is 9.80 Å². The number of nitrogens with one attached hydrogen (secondary N) is 3. The number of hydrogen-bond donors (Lipinski definition) is 6. The van der Waals surface area contributed by atoms with Gasteiger partial charge < -0.3 is 27.8 Å². The number of rotatable bonds is 6. The van der Waals surface area contributed by atoms with Crippen LogP contribution in [0.25, 0.3) is 0 Å². The van der Waals surface area contributed by atoms with Gasteiger partial charge in [-0.2, -0.15) is 18.2 Å². The van der Waals surface area contributed by atoms with Crippen molar-refractivity contribution in [3.05, 3.63) is 59.2 Å². The maximum absolute atomic E-state index is 13.2. The number of amides is 4. The molecule has 0 bridgehead atoms. The summed E-state index contributed by atoms with van der Waals surface area (Å²) < 4.78 is 39.7. The molecule has 1 unspecified atom stereocenters. The third-order valence-electron chi connectivity index (χ3n) is 4.79. The minimum absolute atomic E-state index is 0.0355. The Hall–Kier alpha value is -4.33. The van der Waals surface area contributed by atoms with E-state index in [0.29, 0.717) is 33.3 Å². The van der Waals surface area contributed by atoms with E-state index in [1.807, 2.05) is 0 Å². The zero-order valence-corrected chi connectivity index (χ0v) is 17.5. The number of amidine groups is 1. The van der Waals surface area contributed by atoms with Crippen LogP contribution in [0.15, 0.2) is 42.5 Å². The molecule has 1 aliphatic rings. The van der Waals surface area contributed by atoms with E-state index in [1.54, 1.807) is 24.3 Å². The Bertz CT molecular complexity index is 1140. The summed E-state index contributed by atoms with van der Waals surface area (Å²) in [7, 11) is 0. The quantitative estimate of drug-likeness (QED) is 0.199. The molecule has 1 aliphatic heterocycles. The molecule has 34 heavy (non-hydrogen) atoms. The number of urea groups is 1. The number of anilines is 2. The number of halogens is 3. The van der Waals surface area contributed by atoms with Crippen LogP contribution in [-0.4, -0.2) is 41.4 Å². The van der Waals surface area contributed by atoms with Crippen LogP contribution < -0.4 is 32.8 Å². The van der Waals surface area contributed by atoms with Crippen molar-refractivity contribution >= 4 is 35.1 Å². The normalized spacial score (nSPS) is 16.3. The van der Waals surface area contributed by atoms with Gasteiger partial charge in [0.1, 0.15) is 12.4 Å². The number of carbonyl (C=O) groups excluding carboxylic acids is 3. The van der Waals surface area contributed by atoms with Gasteiger partial charge in [-0.15, -0.1) is 0 Å². The minimum Gasteiger partial charge on any atom is -0.399 e. The lowest BCUT2D eigenvalue weighted by Gasteiger charge is -2.40. The van der Waals surface area contributed by atoms with Gasteiger partial charge in [0.15, 0.2) is 6.17 Å². The molecule has 2 aromatic rings. The molecule has 0 spiro atoms. The van der Waals surface area contributed by atoms with E-state index in [0.717, 1.165) is 6.07 Å². The third kappa shape index (κ3) is 5.35. The van der Waals surface area contributed by atoms with Crippen molar-refractivity contribution in [3.63, 3.8) is 0 Å². The predicted molar refractivity (Wildman–Crippen MR) is 116 cm³/mol. The first kappa shape index (κ1) is 24.3. The van der Waals surface area contributed by atoms with Gasteiger partial charge in [-0.1, -0.05) is 24.3 Å². The van der Waals surface area contributed by atoms with E-state index < -0.39 is 42.3 Å². The maximum atomic E-state index is 13.2. The van der Waals surface area contributed by atoms with Gasteiger partial charge in [-0.05, 0) is 23.8 Å². The molecule has 1 saturated heterocycles. The van der Waals surface area contributed by atoms with Crippen molar-refractivity contribution in [1.82, 2.24) is 15.6 Å². The topological polar surface area (TPSA) is 184 Å². The lowest BCUT2D eigenvalue weighted by atomic mass is 10.1. The number of alkyl halides is 3. The van der Waals surface area contributed by atoms with Gasteiger partial charge in [0.25, 0.3) is 5.91 Å². The second-order valence-corrected chi connectivity index (χ2v) is 7.33. The highest BCUT2D eigenvalue weighted by molar-refractivity contribution is 6.03. The Labute approximate surface area is 191 Å². The van der Waals surface area contributed by atoms with Crippen LogP contribution in [0.4, 0.5) is 29.3 Å². The van der Waals surface area contributed by atoms with E-state index in [4.69, 9.17) is 22.6 Å². The van der Waals surface area contributed by atoms with Crippen molar-refractivity contribution in [2.45, 2.75) is 18.9 Å². The largest absolute Gasteiger partial charge is 0.416 e. The lowest BCUT2D eigenvalue weighted by Crippen LogP contribution is -2.69. The molecule has 9 N–H and O–H groups in total. The van der Waals surface area contributed by atoms with Crippen LogP contribution in [0.2, 0.25) is 0 Å². The Morgan fingerprint density at radius 2 is 1.79 bits per heavy atom. The molecule has 1 atom stereocenters. The summed E-state index contributed by atoms with van der Waals surface area (Å²) in [6, 6.07) is 7.77. The number of nitrogen functional groups attached to an aromatic ring is 2. The van der Waals surface area contributed by atoms with Crippen molar-refractivity contribution in [3.8, 4) is 0 Å². The summed E-state index contributed by atoms with van der Waals surface area (Å²) in [6.07, 6.45) is -6.27. The lowest BCUT2D eigenvalue weighted by molar-refractivity contribution is -0.139. The number of nitrogens with two attached hydrogens (primary N) is 3. The molecule has 180 valence electrons. The molecule has 1 fully saturated rings. The average molecular weight is 478 g/mol. The number of nitrogens with zero attached hydrogens (tertiary/aromatic N) is 2. The first-order valence-electron chi connectivity index (χ1n) is 9.72. The molecule has 0 aromatic heterocycles. The number of carbonyl (C=O) groups is 3. The summed E-state index contributed by atoms with van der Waals surface area (Å²) >= 11 is 0. The fourth-order valence-electron chi connectivity index (χ4n) is 3.15. The summed E-state index contributed by atoms with van der Waals surface area (Å²) in [6.45, 7) is -0.671. The molecule has 4 amide bonds. The molecule has 0 radical (unpaired) electrons. The molecule has 3 rings (SSSR count). The van der Waals surface area contributed by atoms with E-state index in [-0.39, 0.29) is 23.8 Å². The Balaban J connectivity index is 1.81. The summed E-state index contributed by atoms with van der Waals surface area (Å²) in [5.41, 5.74) is 15.9. The zero-order valence-electron chi connectivity index (χ0n) is 17.5. The minimum atomic E-state index is -4.77. The second-order valence-electron chi connectivity index (χ2n) is 7.33. The Morgan fingerprint density at radius 3 is 2.38 bits per heavy atom. The van der Waals surface area contributed by atoms with Crippen molar-refractivity contribution in [2.24, 2.45) is 11.5 Å². The van der Waals surface area contributed by atoms with Gasteiger partial charge in [0.05, 0.1) is 11.3 Å². The van der Waals surface area contributed by atoms with Gasteiger partial charge >= 0.3 is 12.2 Å². The number of benzene rings is 2. The molecule has 14 heteroatoms. The van der Waals surface area contributed by atoms with Gasteiger partial charge in [0.2, 0.25) is 5.91 Å². The monoisotopic (exact) mass is 478 g/mol. The molecule has 0 saturated carbocycles. The molecular weight excluding hydrogens is 457 g/mol. The van der Waals surface area contributed by atoms with Crippen LogP contribution in [0.5, 0.6) is 0 Å². The Morgan fingerprint density at radius 1 is 1.15 bits per heavy atom. The van der Waals surface area contributed by atoms with Crippen molar-refractivity contribution < 1.29 is 27.6 Å². The molecule has 2 aromatic carbocycles. The van der Waals surface area contributed by atoms with Crippen LogP contribution in [0, 0.1) is 5.41 Å². The standard InChI is InChI=1S/C20H21F3N8O3/c21-20(22,23)12-5-13(24)7-14(6-12)31-19(34)29-17(27)18(33)30(31)9-15(32)28-8-10-1-3-11(4-2-10)16(25)26/h1-7,17H,8-9,24,27H2,(H3,25,26)(H,28,32)(H,29,34). The van der Waals surface area contributed by atoms with E-state index >= 15 is 0 Å². The first-order valence-corrected chi connectivity index (χ1v) is 9.72. The maximum Gasteiger partial charge on any atom is 0.416 e. The second kappa shape index (κ2) is 9.27. The van der Waals surface area contributed by atoms with Crippen molar-refractivity contribution in [2.75, 3.05) is 17.3 Å². The predicted octanol–water partition coefficient (Wildman–Crippen LogP) is 0.446. The zero-order chi connectivity index (χ0) is 25.2. The van der Waals surface area contributed by atoms with Crippen LogP contribution >= 0.6 is 0 Å². The van der Waals surface area contributed by atoms with Crippen LogP contribution in [-0.2, 0) is 22.3 Å². The highest BCUT2D eigenvalue weighted by Gasteiger charge is 2.40. The van der Waals surface area contributed by atoms with Gasteiger partial charge in [0, 0.05) is 17.8 Å². The molecular formula is C20H21F3N8O3. The van der Waals surface area contributed by atoms with Crippen LogP contribution in [0.1, 0.15) is 16.7 Å². The van der Waals surface area contributed by atoms with E-state index in [9.17, 15) is 27.6 Å². The third-order valence-corrected chi connectivity index (χ3v) is 4.79. The van der Waals surface area contributed by atoms with E-state index in [1.165, 1.54) is 0 Å². The SMILES string of the molecule is N=C(N)c1ccc(CNC(=O)CN2C(=O)C(N)NC(=O)N2c2cc(N)cc(C(F)(F)F)c2)cc1. The fourth-order valence-corrected chi connectivity index (χ4v) is 3.15. The smallest absolute Gasteiger partial charge is 0.399 e. The first-order chi connectivity index (χ1) is 15.9. The van der Waals surface area contributed by atoms with Crippen molar-refractivity contribution in [1.29, 1.82) is 5.41 Å². The summed E-state index contributed by atoms with van der Waals surface area (Å²) in [4.78, 5) is 37.7. The highest BCUT2D eigenvalue weighted by atomic mass is 19.4. The number of hydrogen-bond acceptors (Lipinski definition) is 6. The Kier molecular flexibility index (Phi) is 6.63. The average Bonchev–Trinajstić information content (AvgIpc) is 2.75. The summed E-state index contributed by atoms with van der Waals surface area (Å²) in [5, 5.41) is 13.3. The molecule has 1 heterocycles. The van der Waals surface area contributed by atoms with Crippen LogP contribution in [0.3, 0.4) is 0 Å². The highest BCUT2D eigenvalue weighted by Crippen LogP contribution is 2.34.